The molecule has 4 nitrogen and oxygen atoms in total. The van der Waals surface area contributed by atoms with Crippen molar-refractivity contribution in [2.24, 2.45) is 13.0 Å². The summed E-state index contributed by atoms with van der Waals surface area (Å²) in [5, 5.41) is 4.45. The molecule has 0 aliphatic carbocycles. The van der Waals surface area contributed by atoms with E-state index in [-0.39, 0.29) is 5.56 Å². The normalized spacial score (nSPS) is 11.1. The van der Waals surface area contributed by atoms with E-state index in [0.717, 1.165) is 28.8 Å². The van der Waals surface area contributed by atoms with E-state index in [2.05, 4.69) is 18.9 Å². The number of nitrogens with zero attached hydrogens (tertiary/aromatic N) is 3. The molecular formula is C19H21N3O. The van der Waals surface area contributed by atoms with E-state index in [1.165, 1.54) is 0 Å². The molecule has 0 aliphatic rings. The van der Waals surface area contributed by atoms with Crippen LogP contribution in [-0.2, 0) is 13.6 Å². The average molecular weight is 307 g/mol. The topological polar surface area (TPSA) is 39.8 Å². The molecule has 0 saturated carbocycles. The van der Waals surface area contributed by atoms with Gasteiger partial charge in [-0.2, -0.15) is 5.10 Å². The molecule has 2 aromatic heterocycles. The third-order valence-corrected chi connectivity index (χ3v) is 3.81. The Bertz CT molecular complexity index is 860. The number of aryl methyl sites for hydroxylation is 1. The van der Waals surface area contributed by atoms with Crippen molar-refractivity contribution < 1.29 is 0 Å². The molecule has 3 aromatic rings. The number of aromatic nitrogens is 3. The number of rotatable bonds is 4. The lowest BCUT2D eigenvalue weighted by molar-refractivity contribution is 0.483. The highest BCUT2D eigenvalue weighted by atomic mass is 16.1. The summed E-state index contributed by atoms with van der Waals surface area (Å²) >= 11 is 0. The average Bonchev–Trinajstić information content (AvgIpc) is 2.98. The molecule has 0 amide bonds. The zero-order chi connectivity index (χ0) is 16.4. The van der Waals surface area contributed by atoms with Gasteiger partial charge in [0.1, 0.15) is 0 Å². The molecule has 0 spiro atoms. The molecule has 0 bridgehead atoms. The predicted octanol–water partition coefficient (Wildman–Crippen LogP) is 3.57. The molecule has 0 atom stereocenters. The van der Waals surface area contributed by atoms with Gasteiger partial charge in [0.05, 0.1) is 6.20 Å². The Labute approximate surface area is 136 Å². The van der Waals surface area contributed by atoms with Crippen LogP contribution in [0.5, 0.6) is 0 Å². The lowest BCUT2D eigenvalue weighted by Gasteiger charge is -2.10. The Balaban J connectivity index is 2.13. The quantitative estimate of drug-likeness (QED) is 0.739. The molecule has 4 heteroatoms. The van der Waals surface area contributed by atoms with Crippen molar-refractivity contribution in [2.45, 2.75) is 20.4 Å². The fourth-order valence-corrected chi connectivity index (χ4v) is 2.69. The third-order valence-electron chi connectivity index (χ3n) is 3.81. The van der Waals surface area contributed by atoms with Crippen molar-refractivity contribution in [3.63, 3.8) is 0 Å². The molecule has 0 unspecified atom stereocenters. The molecule has 118 valence electrons. The second-order valence-corrected chi connectivity index (χ2v) is 6.26. The van der Waals surface area contributed by atoms with Crippen LogP contribution < -0.4 is 5.56 Å². The summed E-state index contributed by atoms with van der Waals surface area (Å²) in [6.07, 6.45) is 5.81. The zero-order valence-corrected chi connectivity index (χ0v) is 13.7. The van der Waals surface area contributed by atoms with Crippen LogP contribution >= 0.6 is 0 Å². The molecular weight excluding hydrogens is 286 g/mol. The van der Waals surface area contributed by atoms with Gasteiger partial charge in [-0.3, -0.25) is 9.48 Å². The molecule has 0 saturated heterocycles. The lowest BCUT2D eigenvalue weighted by atomic mass is 9.98. The van der Waals surface area contributed by atoms with E-state index in [0.29, 0.717) is 5.92 Å². The SMILES string of the molecule is CC(C)Cn1cc(-c2cn(C)c(=O)cc2-c2ccccc2)cn1. The van der Waals surface area contributed by atoms with Crippen LogP contribution in [0.2, 0.25) is 0 Å². The second kappa shape index (κ2) is 6.24. The minimum atomic E-state index is -0.0119. The maximum atomic E-state index is 12.1. The molecule has 3 rings (SSSR count). The molecule has 0 fully saturated rings. The number of hydrogen-bond acceptors (Lipinski definition) is 2. The van der Waals surface area contributed by atoms with Crippen molar-refractivity contribution in [3.8, 4) is 22.3 Å². The smallest absolute Gasteiger partial charge is 0.250 e. The largest absolute Gasteiger partial charge is 0.318 e. The van der Waals surface area contributed by atoms with Gasteiger partial charge in [0.15, 0.2) is 0 Å². The first-order chi connectivity index (χ1) is 11.0. The first-order valence-electron chi connectivity index (χ1n) is 7.83. The molecule has 0 aliphatic heterocycles. The standard InChI is InChI=1S/C19H21N3O/c1-14(2)11-22-12-16(10-20-22)18-13-21(3)19(23)9-17(18)15-7-5-4-6-8-15/h4-10,12-14H,11H2,1-3H3. The Kier molecular flexibility index (Phi) is 4.15. The fraction of sp³-hybridized carbons (Fsp3) is 0.263. The van der Waals surface area contributed by atoms with Gasteiger partial charge in [-0.15, -0.1) is 0 Å². The van der Waals surface area contributed by atoms with E-state index in [4.69, 9.17) is 0 Å². The summed E-state index contributed by atoms with van der Waals surface area (Å²) in [6.45, 7) is 5.22. The maximum absolute atomic E-state index is 12.1. The van der Waals surface area contributed by atoms with Gasteiger partial charge in [-0.05, 0) is 17.0 Å². The lowest BCUT2D eigenvalue weighted by Crippen LogP contribution is -2.15. The van der Waals surface area contributed by atoms with Gasteiger partial charge < -0.3 is 4.57 Å². The summed E-state index contributed by atoms with van der Waals surface area (Å²) in [5.41, 5.74) is 4.02. The Morgan fingerprint density at radius 1 is 1.04 bits per heavy atom. The fourth-order valence-electron chi connectivity index (χ4n) is 2.69. The van der Waals surface area contributed by atoms with Gasteiger partial charge in [-0.1, -0.05) is 44.2 Å². The highest BCUT2D eigenvalue weighted by molar-refractivity contribution is 5.82. The van der Waals surface area contributed by atoms with Gasteiger partial charge in [-0.25, -0.2) is 0 Å². The molecule has 0 radical (unpaired) electrons. The van der Waals surface area contributed by atoms with Crippen LogP contribution in [0.1, 0.15) is 13.8 Å². The zero-order valence-electron chi connectivity index (χ0n) is 13.7. The summed E-state index contributed by atoms with van der Waals surface area (Å²) < 4.78 is 3.57. The Hall–Kier alpha value is -2.62. The van der Waals surface area contributed by atoms with Gasteiger partial charge in [0, 0.05) is 43.2 Å². The number of hydrogen-bond donors (Lipinski definition) is 0. The molecule has 0 N–H and O–H groups in total. The number of pyridine rings is 1. The van der Waals surface area contributed by atoms with Crippen molar-refractivity contribution in [1.29, 1.82) is 0 Å². The van der Waals surface area contributed by atoms with Gasteiger partial charge in [0.2, 0.25) is 0 Å². The molecule has 23 heavy (non-hydrogen) atoms. The Morgan fingerprint density at radius 2 is 1.78 bits per heavy atom. The van der Waals surface area contributed by atoms with Crippen molar-refractivity contribution in [3.05, 3.63) is 65.3 Å². The highest BCUT2D eigenvalue weighted by Gasteiger charge is 2.12. The van der Waals surface area contributed by atoms with Crippen LogP contribution in [-0.4, -0.2) is 14.3 Å². The van der Waals surface area contributed by atoms with E-state index in [1.807, 2.05) is 53.6 Å². The predicted molar refractivity (Wildman–Crippen MR) is 93.2 cm³/mol. The summed E-state index contributed by atoms with van der Waals surface area (Å²) in [5.74, 6) is 0.538. The van der Waals surface area contributed by atoms with Crippen LogP contribution in [0.25, 0.3) is 22.3 Å². The second-order valence-electron chi connectivity index (χ2n) is 6.26. The van der Waals surface area contributed by atoms with Gasteiger partial charge >= 0.3 is 0 Å². The Morgan fingerprint density at radius 3 is 2.48 bits per heavy atom. The van der Waals surface area contributed by atoms with E-state index < -0.39 is 0 Å². The number of benzene rings is 1. The minimum absolute atomic E-state index is 0.0119. The van der Waals surface area contributed by atoms with Crippen LogP contribution in [0.15, 0.2) is 59.8 Å². The third kappa shape index (κ3) is 3.26. The van der Waals surface area contributed by atoms with Crippen molar-refractivity contribution in [1.82, 2.24) is 14.3 Å². The van der Waals surface area contributed by atoms with Gasteiger partial charge in [0.25, 0.3) is 5.56 Å². The minimum Gasteiger partial charge on any atom is -0.318 e. The van der Waals surface area contributed by atoms with Crippen LogP contribution in [0.3, 0.4) is 0 Å². The summed E-state index contributed by atoms with van der Waals surface area (Å²) in [4.78, 5) is 12.1. The first kappa shape index (κ1) is 15.3. The highest BCUT2D eigenvalue weighted by Crippen LogP contribution is 2.30. The molecule has 2 heterocycles. The van der Waals surface area contributed by atoms with Crippen molar-refractivity contribution in [2.75, 3.05) is 0 Å². The van der Waals surface area contributed by atoms with Crippen molar-refractivity contribution >= 4 is 0 Å². The van der Waals surface area contributed by atoms with E-state index in [1.54, 1.807) is 17.7 Å². The monoisotopic (exact) mass is 307 g/mol. The maximum Gasteiger partial charge on any atom is 0.250 e. The summed E-state index contributed by atoms with van der Waals surface area (Å²) in [6, 6.07) is 11.7. The van der Waals surface area contributed by atoms with E-state index >= 15 is 0 Å². The van der Waals surface area contributed by atoms with E-state index in [9.17, 15) is 4.79 Å². The van der Waals surface area contributed by atoms with Crippen LogP contribution in [0, 0.1) is 5.92 Å². The first-order valence-corrected chi connectivity index (χ1v) is 7.83. The molecule has 1 aromatic carbocycles. The van der Waals surface area contributed by atoms with Crippen LogP contribution in [0.4, 0.5) is 0 Å². The summed E-state index contributed by atoms with van der Waals surface area (Å²) in [7, 11) is 1.78.